The third-order valence-electron chi connectivity index (χ3n) is 9.10. The van der Waals surface area contributed by atoms with Crippen molar-refractivity contribution >= 4 is 17.7 Å². The molecule has 1 aromatic carbocycles. The molecule has 6 rings (SSSR count). The van der Waals surface area contributed by atoms with Crippen LogP contribution < -0.4 is 10.2 Å². The summed E-state index contributed by atoms with van der Waals surface area (Å²) in [6.07, 6.45) is 17.4. The standard InChI is InChI=1S/C33H38FN3O4/c1-3-22-6-4-9-28-29(18-22)35-32(39)41-33(28)13-16-36(17-14-33)26-7-5-8-27(40-2)21-24(20-26)31(38)37-15-12-23-19-25(34)10-11-30(23)37/h4,6,9-11,18-22,27H,3,5,7-8,12-17H2,1-2H3,(H,35,39)/b24-21+,26-20+. The van der Waals surface area contributed by atoms with Crippen molar-refractivity contribution in [2.45, 2.75) is 63.6 Å². The van der Waals surface area contributed by atoms with Crippen molar-refractivity contribution in [1.29, 1.82) is 0 Å². The molecule has 8 heteroatoms. The molecule has 2 amide bonds. The highest BCUT2D eigenvalue weighted by molar-refractivity contribution is 6.08. The average Bonchev–Trinajstić information content (AvgIpc) is 3.24. The summed E-state index contributed by atoms with van der Waals surface area (Å²) in [5.41, 5.74) is 4.59. The van der Waals surface area contributed by atoms with Crippen LogP contribution in [0.1, 0.15) is 51.0 Å². The molecule has 1 aromatic rings. The van der Waals surface area contributed by atoms with Crippen molar-refractivity contribution in [3.8, 4) is 0 Å². The first-order chi connectivity index (χ1) is 19.9. The molecule has 2 aliphatic carbocycles. The summed E-state index contributed by atoms with van der Waals surface area (Å²) in [4.78, 5) is 30.6. The normalized spacial score (nSPS) is 27.9. The van der Waals surface area contributed by atoms with E-state index >= 15 is 0 Å². The Hall–Kier alpha value is -3.65. The number of ether oxygens (including phenoxy) is 2. The Morgan fingerprint density at radius 2 is 2.02 bits per heavy atom. The molecule has 0 bridgehead atoms. The van der Waals surface area contributed by atoms with Gasteiger partial charge in [-0.15, -0.1) is 0 Å². The fourth-order valence-electron chi connectivity index (χ4n) is 6.77. The van der Waals surface area contributed by atoms with Crippen LogP contribution in [0.3, 0.4) is 0 Å². The number of carbonyl (C=O) groups is 2. The molecular weight excluding hydrogens is 521 g/mol. The number of nitrogens with one attached hydrogen (secondary N) is 1. The molecule has 0 saturated carbocycles. The van der Waals surface area contributed by atoms with E-state index in [1.807, 2.05) is 12.2 Å². The first-order valence-corrected chi connectivity index (χ1v) is 14.8. The van der Waals surface area contributed by atoms with Gasteiger partial charge in [-0.25, -0.2) is 9.18 Å². The number of hydrogen-bond donors (Lipinski definition) is 1. The topological polar surface area (TPSA) is 71.1 Å². The highest BCUT2D eigenvalue weighted by atomic mass is 19.1. The molecule has 41 heavy (non-hydrogen) atoms. The predicted molar refractivity (Wildman–Crippen MR) is 156 cm³/mol. The molecule has 2 unspecified atom stereocenters. The Labute approximate surface area is 241 Å². The molecule has 1 N–H and O–H groups in total. The SMILES string of the molecule is CCC1C=CC=C2C(=C1)NC(=O)OC21CCN(/C2=C/C(C(=O)N3CCc4cc(F)ccc43)=C\C(OC)CCC2)CC1. The van der Waals surface area contributed by atoms with E-state index in [1.54, 1.807) is 18.1 Å². The minimum Gasteiger partial charge on any atom is -0.438 e. The fourth-order valence-corrected chi connectivity index (χ4v) is 6.77. The number of halogens is 1. The van der Waals surface area contributed by atoms with E-state index in [1.165, 1.54) is 12.1 Å². The van der Waals surface area contributed by atoms with Crippen LogP contribution >= 0.6 is 0 Å². The zero-order valence-electron chi connectivity index (χ0n) is 23.8. The zero-order chi connectivity index (χ0) is 28.6. The second-order valence-corrected chi connectivity index (χ2v) is 11.5. The lowest BCUT2D eigenvalue weighted by molar-refractivity contribution is -0.114. The summed E-state index contributed by atoms with van der Waals surface area (Å²) in [6, 6.07) is 4.63. The van der Waals surface area contributed by atoms with Crippen LogP contribution in [0.15, 0.2) is 77.2 Å². The van der Waals surface area contributed by atoms with Crippen LogP contribution in [0.4, 0.5) is 14.9 Å². The average molecular weight is 560 g/mol. The lowest BCUT2D eigenvalue weighted by Crippen LogP contribution is -2.54. The molecule has 3 heterocycles. The maximum absolute atomic E-state index is 13.9. The lowest BCUT2D eigenvalue weighted by Gasteiger charge is -2.46. The van der Waals surface area contributed by atoms with Crippen LogP contribution in [0.2, 0.25) is 0 Å². The van der Waals surface area contributed by atoms with Crippen LogP contribution in [0.5, 0.6) is 0 Å². The highest BCUT2D eigenvalue weighted by Crippen LogP contribution is 2.42. The minimum atomic E-state index is -0.663. The number of likely N-dealkylation sites (tertiary alicyclic amines) is 1. The van der Waals surface area contributed by atoms with E-state index in [9.17, 15) is 14.0 Å². The van der Waals surface area contributed by atoms with Gasteiger partial charge < -0.3 is 19.3 Å². The van der Waals surface area contributed by atoms with Crippen LogP contribution in [-0.2, 0) is 20.7 Å². The number of anilines is 1. The maximum Gasteiger partial charge on any atom is 0.412 e. The zero-order valence-corrected chi connectivity index (χ0v) is 23.8. The number of alkyl carbamates (subject to hydrolysis) is 1. The van der Waals surface area contributed by atoms with Crippen molar-refractivity contribution in [1.82, 2.24) is 10.2 Å². The largest absolute Gasteiger partial charge is 0.438 e. The second-order valence-electron chi connectivity index (χ2n) is 11.5. The Kier molecular flexibility index (Phi) is 7.60. The van der Waals surface area contributed by atoms with Crippen LogP contribution in [0.25, 0.3) is 0 Å². The minimum absolute atomic E-state index is 0.0896. The first-order valence-electron chi connectivity index (χ1n) is 14.8. The maximum atomic E-state index is 13.9. The smallest absolute Gasteiger partial charge is 0.412 e. The number of allylic oxidation sites excluding steroid dienone is 5. The quantitative estimate of drug-likeness (QED) is 0.512. The number of amides is 2. The Morgan fingerprint density at radius 1 is 1.20 bits per heavy atom. The molecule has 0 radical (unpaired) electrons. The molecule has 7 nitrogen and oxygen atoms in total. The van der Waals surface area contributed by atoms with Gasteiger partial charge >= 0.3 is 6.09 Å². The summed E-state index contributed by atoms with van der Waals surface area (Å²) in [5.74, 6) is -0.0987. The predicted octanol–water partition coefficient (Wildman–Crippen LogP) is 5.70. The molecule has 2 fully saturated rings. The Morgan fingerprint density at radius 3 is 2.80 bits per heavy atom. The van der Waals surface area contributed by atoms with Gasteiger partial charge in [0.25, 0.3) is 5.91 Å². The Bertz CT molecular complexity index is 1380. The van der Waals surface area contributed by atoms with E-state index in [-0.39, 0.29) is 23.7 Å². The number of carbonyl (C=O) groups excluding carboxylic acids is 2. The molecule has 3 aliphatic heterocycles. The van der Waals surface area contributed by atoms with Gasteiger partial charge in [0.2, 0.25) is 0 Å². The Balaban J connectivity index is 1.25. The van der Waals surface area contributed by atoms with Gasteiger partial charge in [0.1, 0.15) is 11.4 Å². The van der Waals surface area contributed by atoms with Crippen molar-refractivity contribution < 1.29 is 23.5 Å². The molecule has 5 aliphatic rings. The monoisotopic (exact) mass is 559 g/mol. The van der Waals surface area contributed by atoms with Gasteiger partial charge in [0.15, 0.2) is 0 Å². The van der Waals surface area contributed by atoms with E-state index in [2.05, 4.69) is 41.4 Å². The summed E-state index contributed by atoms with van der Waals surface area (Å²) < 4.78 is 25.5. The van der Waals surface area contributed by atoms with E-state index in [4.69, 9.17) is 9.47 Å². The number of benzene rings is 1. The molecule has 1 spiro atoms. The molecule has 2 saturated heterocycles. The molecule has 2 atom stereocenters. The van der Waals surface area contributed by atoms with Crippen molar-refractivity contribution in [3.05, 3.63) is 88.6 Å². The van der Waals surface area contributed by atoms with Crippen LogP contribution in [0, 0.1) is 11.7 Å². The number of piperidine rings is 1. The third-order valence-corrected chi connectivity index (χ3v) is 9.10. The lowest BCUT2D eigenvalue weighted by atomic mass is 9.80. The summed E-state index contributed by atoms with van der Waals surface area (Å²) in [5, 5.41) is 2.93. The van der Waals surface area contributed by atoms with Gasteiger partial charge in [-0.05, 0) is 73.9 Å². The van der Waals surface area contributed by atoms with E-state index < -0.39 is 11.7 Å². The number of methoxy groups -OCH3 is 1. The molecule has 0 aromatic heterocycles. The first kappa shape index (κ1) is 27.5. The van der Waals surface area contributed by atoms with Gasteiger partial charge in [-0.1, -0.05) is 31.2 Å². The van der Waals surface area contributed by atoms with Crippen LogP contribution in [-0.4, -0.2) is 55.3 Å². The fraction of sp³-hybridized carbons (Fsp3) is 0.455. The number of rotatable bonds is 4. The third kappa shape index (κ3) is 5.37. The molecule has 216 valence electrons. The number of nitrogens with zero attached hydrogens (tertiary/aromatic N) is 2. The van der Waals surface area contributed by atoms with Gasteiger partial charge in [0, 0.05) is 67.8 Å². The van der Waals surface area contributed by atoms with Crippen molar-refractivity contribution in [2.24, 2.45) is 5.92 Å². The highest BCUT2D eigenvalue weighted by Gasteiger charge is 2.46. The van der Waals surface area contributed by atoms with Gasteiger partial charge in [0.05, 0.1) is 6.10 Å². The molecular formula is C33H38FN3O4. The second kappa shape index (κ2) is 11.3. The number of hydrogen-bond acceptors (Lipinski definition) is 5. The summed E-state index contributed by atoms with van der Waals surface area (Å²) in [7, 11) is 1.68. The summed E-state index contributed by atoms with van der Waals surface area (Å²) in [6.45, 7) is 4.09. The van der Waals surface area contributed by atoms with Crippen molar-refractivity contribution in [3.63, 3.8) is 0 Å². The van der Waals surface area contributed by atoms with E-state index in [0.717, 1.165) is 53.9 Å². The summed E-state index contributed by atoms with van der Waals surface area (Å²) >= 11 is 0. The van der Waals surface area contributed by atoms with E-state index in [0.29, 0.717) is 44.5 Å². The van der Waals surface area contributed by atoms with Crippen molar-refractivity contribution in [2.75, 3.05) is 31.6 Å². The number of fused-ring (bicyclic) bond motifs is 3. The van der Waals surface area contributed by atoms with Gasteiger partial charge in [-0.2, -0.15) is 0 Å². The van der Waals surface area contributed by atoms with Gasteiger partial charge in [-0.3, -0.25) is 10.1 Å².